The maximum absolute atomic E-state index is 11.5. The fraction of sp³-hybridized carbons (Fsp3) is 0. The summed E-state index contributed by atoms with van der Waals surface area (Å²) in [5, 5.41) is -0.132. The Morgan fingerprint density at radius 2 is 1.94 bits per heavy atom. The van der Waals surface area contributed by atoms with E-state index in [4.69, 9.17) is 16.3 Å². The molecule has 0 aliphatic carbocycles. The van der Waals surface area contributed by atoms with E-state index in [0.717, 1.165) is 16.2 Å². The number of ether oxygens (including phenoxy) is 1. The van der Waals surface area contributed by atoms with Crippen molar-refractivity contribution in [2.75, 3.05) is 0 Å². The van der Waals surface area contributed by atoms with Crippen LogP contribution in [0.25, 0.3) is 0 Å². The van der Waals surface area contributed by atoms with Crippen molar-refractivity contribution in [3.63, 3.8) is 0 Å². The predicted octanol–water partition coefficient (Wildman–Crippen LogP) is 3.11. The Morgan fingerprint density at radius 1 is 1.25 bits per heavy atom. The highest BCUT2D eigenvalue weighted by Gasteiger charge is 2.08. The number of halogens is 2. The predicted molar refractivity (Wildman–Crippen MR) is 65.4 cm³/mol. The molecule has 7 heteroatoms. The van der Waals surface area contributed by atoms with Gasteiger partial charge in [0.15, 0.2) is 5.15 Å². The van der Waals surface area contributed by atoms with Crippen LogP contribution in [0.3, 0.4) is 0 Å². The van der Waals surface area contributed by atoms with Crippen molar-refractivity contribution < 1.29 is 4.74 Å². The van der Waals surface area contributed by atoms with Gasteiger partial charge in [0.25, 0.3) is 11.3 Å². The first-order valence-corrected chi connectivity index (χ1v) is 6.03. The normalized spacial score (nSPS) is 10.1. The first-order chi connectivity index (χ1) is 7.66. The molecule has 1 aromatic heterocycles. The lowest BCUT2D eigenvalue weighted by Crippen LogP contribution is -2.07. The average molecular weight is 320 g/mol. The molecule has 2 aromatic rings. The summed E-state index contributed by atoms with van der Waals surface area (Å²) in [7, 11) is 0. The third kappa shape index (κ3) is 2.58. The topological polar surface area (TPSA) is 52.1 Å². The van der Waals surface area contributed by atoms with Crippen LogP contribution in [-0.4, -0.2) is 8.75 Å². The highest BCUT2D eigenvalue weighted by molar-refractivity contribution is 9.10. The maximum atomic E-state index is 11.5. The van der Waals surface area contributed by atoms with Gasteiger partial charge < -0.3 is 4.74 Å². The summed E-state index contributed by atoms with van der Waals surface area (Å²) in [6, 6.07) is 7.02. The number of nitrogens with zero attached hydrogens (tertiary/aromatic N) is 2. The number of aromatic nitrogens is 2. The lowest BCUT2D eigenvalue weighted by atomic mass is 10.3. The molecule has 82 valence electrons. The van der Waals surface area contributed by atoms with Gasteiger partial charge in [-0.3, -0.25) is 4.79 Å². The van der Waals surface area contributed by atoms with Gasteiger partial charge in [-0.25, -0.2) is 0 Å². The molecule has 0 saturated carbocycles. The monoisotopic (exact) mass is 318 g/mol. The van der Waals surface area contributed by atoms with Crippen molar-refractivity contribution >= 4 is 39.3 Å². The third-order valence-corrected chi connectivity index (χ3v) is 3.05. The maximum Gasteiger partial charge on any atom is 0.283 e. The molecule has 0 unspecified atom stereocenters. The lowest BCUT2D eigenvalue weighted by Gasteiger charge is -2.02. The minimum atomic E-state index is -0.511. The molecule has 16 heavy (non-hydrogen) atoms. The molecule has 0 N–H and O–H groups in total. The highest BCUT2D eigenvalue weighted by Crippen LogP contribution is 2.20. The van der Waals surface area contributed by atoms with Gasteiger partial charge in [0.05, 0.1) is 11.7 Å². The number of hydrogen-bond acceptors (Lipinski definition) is 5. The summed E-state index contributed by atoms with van der Waals surface area (Å²) in [4.78, 5) is 11.5. The third-order valence-electron chi connectivity index (χ3n) is 1.65. The molecular weight excluding hydrogens is 316 g/mol. The number of benzene rings is 1. The fourth-order valence-electron chi connectivity index (χ4n) is 0.944. The second-order valence-corrected chi connectivity index (χ2v) is 4.55. The van der Waals surface area contributed by atoms with Crippen molar-refractivity contribution in [3.05, 3.63) is 44.1 Å². The molecule has 1 aromatic carbocycles. The van der Waals surface area contributed by atoms with Gasteiger partial charge in [-0.2, -0.15) is 4.37 Å². The zero-order valence-electron chi connectivity index (χ0n) is 7.68. The molecule has 0 aliphatic heterocycles. The van der Waals surface area contributed by atoms with Gasteiger partial charge in [0, 0.05) is 4.47 Å². The van der Waals surface area contributed by atoms with E-state index in [9.17, 15) is 4.79 Å². The van der Waals surface area contributed by atoms with Gasteiger partial charge in [0.1, 0.15) is 5.75 Å². The van der Waals surface area contributed by atoms with Crippen LogP contribution < -0.4 is 10.2 Å². The van der Waals surface area contributed by atoms with Crippen LogP contribution in [0.2, 0.25) is 5.15 Å². The van der Waals surface area contributed by atoms with Crippen LogP contribution in [0.4, 0.5) is 0 Å². The van der Waals surface area contributed by atoms with Gasteiger partial charge in [-0.15, -0.1) is 4.37 Å². The molecule has 0 radical (unpaired) electrons. The molecule has 0 spiro atoms. The van der Waals surface area contributed by atoms with Crippen molar-refractivity contribution in [3.8, 4) is 11.6 Å². The summed E-state index contributed by atoms with van der Waals surface area (Å²) < 4.78 is 13.6. The summed E-state index contributed by atoms with van der Waals surface area (Å²) in [6.07, 6.45) is 0. The average Bonchev–Trinajstić information content (AvgIpc) is 2.28. The van der Waals surface area contributed by atoms with E-state index in [2.05, 4.69) is 24.7 Å². The SMILES string of the molecule is O=c1c(Cl)nsnc1Oc1ccc(Br)cc1. The molecule has 0 bridgehead atoms. The molecule has 0 saturated heterocycles. The van der Waals surface area contributed by atoms with E-state index in [0.29, 0.717) is 5.75 Å². The van der Waals surface area contributed by atoms with E-state index < -0.39 is 5.43 Å². The Balaban J connectivity index is 2.31. The van der Waals surface area contributed by atoms with E-state index in [1.807, 2.05) is 0 Å². The smallest absolute Gasteiger partial charge is 0.283 e. The molecule has 2 rings (SSSR count). The van der Waals surface area contributed by atoms with E-state index in [1.165, 1.54) is 0 Å². The van der Waals surface area contributed by atoms with Crippen molar-refractivity contribution in [1.29, 1.82) is 0 Å². The number of rotatable bonds is 2. The Labute approximate surface area is 108 Å². The van der Waals surface area contributed by atoms with Crippen LogP contribution in [0, 0.1) is 0 Å². The molecule has 4 nitrogen and oxygen atoms in total. The number of hydrogen-bond donors (Lipinski definition) is 0. The minimum Gasteiger partial charge on any atom is -0.435 e. The summed E-state index contributed by atoms with van der Waals surface area (Å²) >= 11 is 9.69. The Hall–Kier alpha value is -0.980. The standard InChI is InChI=1S/C9H4BrClN2O2S/c10-5-1-3-6(4-2-5)15-9-7(14)8(11)12-16-13-9/h1-4H. The summed E-state index contributed by atoms with van der Waals surface area (Å²) in [5.74, 6) is 0.453. The molecule has 0 amide bonds. The van der Waals surface area contributed by atoms with E-state index in [-0.39, 0.29) is 11.0 Å². The molecule has 1 heterocycles. The highest BCUT2D eigenvalue weighted by atomic mass is 79.9. The van der Waals surface area contributed by atoms with Crippen molar-refractivity contribution in [2.24, 2.45) is 0 Å². The second-order valence-electron chi connectivity index (χ2n) is 2.75. The van der Waals surface area contributed by atoms with Gasteiger partial charge in [-0.1, -0.05) is 27.5 Å². The van der Waals surface area contributed by atoms with Crippen LogP contribution in [0.15, 0.2) is 33.5 Å². The molecular formula is C9H4BrClN2O2S. The van der Waals surface area contributed by atoms with Crippen molar-refractivity contribution in [1.82, 2.24) is 8.75 Å². The van der Waals surface area contributed by atoms with E-state index >= 15 is 0 Å². The quantitative estimate of drug-likeness (QED) is 0.853. The Bertz CT molecular complexity index is 558. The van der Waals surface area contributed by atoms with Crippen molar-refractivity contribution in [2.45, 2.75) is 0 Å². The van der Waals surface area contributed by atoms with Crippen LogP contribution >= 0.6 is 39.3 Å². The van der Waals surface area contributed by atoms with Crippen LogP contribution in [0.5, 0.6) is 11.6 Å². The molecule has 0 fully saturated rings. The Kier molecular flexibility index (Phi) is 3.52. The fourth-order valence-corrected chi connectivity index (χ4v) is 1.77. The van der Waals surface area contributed by atoms with Crippen LogP contribution in [-0.2, 0) is 0 Å². The second kappa shape index (κ2) is 4.90. The van der Waals surface area contributed by atoms with Gasteiger partial charge in [-0.05, 0) is 24.3 Å². The van der Waals surface area contributed by atoms with Gasteiger partial charge >= 0.3 is 0 Å². The summed E-state index contributed by atoms with van der Waals surface area (Å²) in [5.41, 5.74) is -0.511. The molecule has 0 aliphatic rings. The first kappa shape index (κ1) is 11.5. The first-order valence-electron chi connectivity index (χ1n) is 4.12. The van der Waals surface area contributed by atoms with E-state index in [1.54, 1.807) is 24.3 Å². The van der Waals surface area contributed by atoms with Gasteiger partial charge in [0.2, 0.25) is 0 Å². The summed E-state index contributed by atoms with van der Waals surface area (Å²) in [6.45, 7) is 0. The Morgan fingerprint density at radius 3 is 2.62 bits per heavy atom. The minimum absolute atomic E-state index is 0.0627. The zero-order chi connectivity index (χ0) is 11.5. The van der Waals surface area contributed by atoms with Crippen LogP contribution in [0.1, 0.15) is 0 Å². The molecule has 0 atom stereocenters. The lowest BCUT2D eigenvalue weighted by molar-refractivity contribution is 0.462. The largest absolute Gasteiger partial charge is 0.435 e. The zero-order valence-corrected chi connectivity index (χ0v) is 10.8.